The lowest BCUT2D eigenvalue weighted by Gasteiger charge is -2.26. The summed E-state index contributed by atoms with van der Waals surface area (Å²) >= 11 is 1.34. The van der Waals surface area contributed by atoms with Crippen LogP contribution >= 0.6 is 11.8 Å². The number of ether oxygens (including phenoxy) is 1. The highest BCUT2D eigenvalue weighted by atomic mass is 32.2. The predicted molar refractivity (Wildman–Crippen MR) is 243 cm³/mol. The lowest BCUT2D eigenvalue weighted by molar-refractivity contribution is -0.146. The number of hydrogen-bond donors (Lipinski definition) is 4. The van der Waals surface area contributed by atoms with Gasteiger partial charge in [0.25, 0.3) is 0 Å². The highest BCUT2D eigenvalue weighted by Crippen LogP contribution is 2.13. The maximum absolute atomic E-state index is 13.5. The third-order valence-electron chi connectivity index (χ3n) is 10.2. The van der Waals surface area contributed by atoms with E-state index in [4.69, 9.17) is 4.74 Å². The molecule has 0 aliphatic heterocycles. The molecule has 0 aliphatic rings. The van der Waals surface area contributed by atoms with Gasteiger partial charge in [-0.2, -0.15) is 0 Å². The molecule has 0 unspecified atom stereocenters. The first-order chi connectivity index (χ1) is 29.0. The van der Waals surface area contributed by atoms with Crippen LogP contribution in [0.25, 0.3) is 0 Å². The van der Waals surface area contributed by atoms with Crippen molar-refractivity contribution in [2.45, 2.75) is 169 Å². The number of esters is 1. The zero-order valence-electron chi connectivity index (χ0n) is 39.0. The summed E-state index contributed by atoms with van der Waals surface area (Å²) in [6.45, 7) is 10.8. The number of Topliss-reactive ketones (excluding diaryl/α,β-unsaturated/α-hetero) is 1. The summed E-state index contributed by atoms with van der Waals surface area (Å²) in [5, 5.41) is 10.9. The van der Waals surface area contributed by atoms with Crippen molar-refractivity contribution in [3.63, 3.8) is 0 Å². The number of nitrogens with one attached hydrogen (secondary N) is 4. The normalized spacial score (nSPS) is 12.0. The van der Waals surface area contributed by atoms with Crippen molar-refractivity contribution in [1.29, 1.82) is 0 Å². The SMILES string of the molecule is CCCCCCCCCCCCCCCC(=O)NCCC(=O)N(C)CC(=O)N[C@@H](CCCCNC(=O)CSCCOC(=O)C(C)C)C(=O)N(C)CC(=O)N[C@@H](C)C(=O)C(C)C. The fourth-order valence-electron chi connectivity index (χ4n) is 6.39. The minimum absolute atomic E-state index is 0.0158. The Morgan fingerprint density at radius 1 is 0.574 bits per heavy atom. The molecular formula is C45H82N6O9S. The number of amides is 6. The molecule has 0 aromatic carbocycles. The van der Waals surface area contributed by atoms with Gasteiger partial charge in [0, 0.05) is 51.7 Å². The van der Waals surface area contributed by atoms with E-state index in [2.05, 4.69) is 28.2 Å². The Morgan fingerprint density at radius 3 is 1.69 bits per heavy atom. The van der Waals surface area contributed by atoms with Crippen LogP contribution in [0.3, 0.4) is 0 Å². The molecule has 0 saturated carbocycles. The molecule has 2 atom stereocenters. The van der Waals surface area contributed by atoms with Crippen LogP contribution in [0.4, 0.5) is 0 Å². The zero-order chi connectivity index (χ0) is 46.0. The Kier molecular flexibility index (Phi) is 33.7. The second-order valence-corrected chi connectivity index (χ2v) is 17.8. The molecule has 0 heterocycles. The summed E-state index contributed by atoms with van der Waals surface area (Å²) in [6.07, 6.45) is 17.5. The van der Waals surface area contributed by atoms with Crippen LogP contribution in [0.5, 0.6) is 0 Å². The Labute approximate surface area is 371 Å². The first kappa shape index (κ1) is 57.3. The molecule has 61 heavy (non-hydrogen) atoms. The first-order valence-corrected chi connectivity index (χ1v) is 24.0. The number of rotatable bonds is 37. The summed E-state index contributed by atoms with van der Waals surface area (Å²) < 4.78 is 5.11. The van der Waals surface area contributed by atoms with E-state index in [1.165, 1.54) is 99.9 Å². The lowest BCUT2D eigenvalue weighted by atomic mass is 10.0. The van der Waals surface area contributed by atoms with E-state index < -0.39 is 29.8 Å². The molecule has 0 saturated heterocycles. The highest BCUT2D eigenvalue weighted by Gasteiger charge is 2.27. The summed E-state index contributed by atoms with van der Waals surface area (Å²) in [5.41, 5.74) is 0. The quantitative estimate of drug-likeness (QED) is 0.0468. The van der Waals surface area contributed by atoms with Crippen molar-refractivity contribution in [2.75, 3.05) is 58.4 Å². The van der Waals surface area contributed by atoms with Crippen molar-refractivity contribution in [3.05, 3.63) is 0 Å². The third-order valence-corrected chi connectivity index (χ3v) is 11.1. The average Bonchev–Trinajstić information content (AvgIpc) is 3.20. The van der Waals surface area contributed by atoms with Gasteiger partial charge in [-0.25, -0.2) is 0 Å². The maximum Gasteiger partial charge on any atom is 0.308 e. The molecule has 0 aliphatic carbocycles. The third kappa shape index (κ3) is 30.9. The van der Waals surface area contributed by atoms with Crippen molar-refractivity contribution < 1.29 is 43.1 Å². The minimum atomic E-state index is -1.02. The van der Waals surface area contributed by atoms with Crippen molar-refractivity contribution in [2.24, 2.45) is 11.8 Å². The molecule has 0 fully saturated rings. The maximum atomic E-state index is 13.5. The van der Waals surface area contributed by atoms with Crippen LogP contribution < -0.4 is 21.3 Å². The van der Waals surface area contributed by atoms with Gasteiger partial charge in [-0.05, 0) is 32.6 Å². The Bertz CT molecular complexity index is 1310. The molecule has 6 amide bonds. The second-order valence-electron chi connectivity index (χ2n) is 16.7. The molecular weight excluding hydrogens is 801 g/mol. The number of thioether (sulfide) groups is 1. The van der Waals surface area contributed by atoms with Gasteiger partial charge in [0.15, 0.2) is 5.78 Å². The van der Waals surface area contributed by atoms with Gasteiger partial charge in [0.1, 0.15) is 12.6 Å². The van der Waals surface area contributed by atoms with Gasteiger partial charge in [0.2, 0.25) is 35.4 Å². The summed E-state index contributed by atoms with van der Waals surface area (Å²) in [7, 11) is 2.91. The summed E-state index contributed by atoms with van der Waals surface area (Å²) in [5.74, 6) is -2.47. The van der Waals surface area contributed by atoms with Crippen LogP contribution in [0.1, 0.15) is 157 Å². The van der Waals surface area contributed by atoms with E-state index >= 15 is 0 Å². The molecule has 15 nitrogen and oxygen atoms in total. The number of likely N-dealkylation sites (N-methyl/N-ethyl adjacent to an activating group) is 2. The smallest absolute Gasteiger partial charge is 0.308 e. The topological polar surface area (TPSA) is 200 Å². The largest absolute Gasteiger partial charge is 0.465 e. The van der Waals surface area contributed by atoms with Crippen molar-refractivity contribution in [3.8, 4) is 0 Å². The molecule has 0 rings (SSSR count). The molecule has 0 spiro atoms. The van der Waals surface area contributed by atoms with Gasteiger partial charge >= 0.3 is 5.97 Å². The van der Waals surface area contributed by atoms with Crippen molar-refractivity contribution >= 4 is 59.0 Å². The molecule has 0 radical (unpaired) electrons. The molecule has 352 valence electrons. The fourth-order valence-corrected chi connectivity index (χ4v) is 7.03. The van der Waals surface area contributed by atoms with Crippen molar-refractivity contribution in [1.82, 2.24) is 31.1 Å². The van der Waals surface area contributed by atoms with Gasteiger partial charge < -0.3 is 35.8 Å². The number of unbranched alkanes of at least 4 members (excludes halogenated alkanes) is 13. The standard InChI is InChI=1S/C45H82N6O9S/c1-9-10-11-12-13-14-15-16-17-18-19-20-21-25-38(52)47-28-26-42(56)50(7)31-40(54)49-37(44(58)51(8)32-39(53)48-36(6)43(57)34(2)3)24-22-23-27-46-41(55)33-61-30-29-60-45(59)35(4)5/h34-37H,9-33H2,1-8H3,(H,46,55)(H,47,52)(H,48,53)(H,49,54)/t36-,37-/m0/s1. The predicted octanol–water partition coefficient (Wildman–Crippen LogP) is 5.32. The Balaban J connectivity index is 4.83. The molecule has 0 bridgehead atoms. The summed E-state index contributed by atoms with van der Waals surface area (Å²) in [6, 6.07) is -1.75. The van der Waals surface area contributed by atoms with Gasteiger partial charge in [-0.1, -0.05) is 112 Å². The first-order valence-electron chi connectivity index (χ1n) is 22.9. The highest BCUT2D eigenvalue weighted by molar-refractivity contribution is 7.99. The number of hydrogen-bond acceptors (Lipinski definition) is 10. The van der Waals surface area contributed by atoms with Gasteiger partial charge in [0.05, 0.1) is 30.8 Å². The number of nitrogens with zero attached hydrogens (tertiary/aromatic N) is 2. The van der Waals surface area contributed by atoms with E-state index in [0.717, 1.165) is 19.3 Å². The van der Waals surface area contributed by atoms with Crippen LogP contribution in [-0.2, 0) is 43.1 Å². The second kappa shape index (κ2) is 35.9. The van der Waals surface area contributed by atoms with E-state index in [0.29, 0.717) is 31.6 Å². The van der Waals surface area contributed by atoms with Crippen LogP contribution in [0, 0.1) is 11.8 Å². The van der Waals surface area contributed by atoms with Crippen LogP contribution in [0.15, 0.2) is 0 Å². The molecule has 0 aromatic heterocycles. The van der Waals surface area contributed by atoms with Crippen LogP contribution in [0.2, 0.25) is 0 Å². The van der Waals surface area contributed by atoms with Gasteiger partial charge in [-0.15, -0.1) is 11.8 Å². The molecule has 0 aromatic rings. The van der Waals surface area contributed by atoms with E-state index in [9.17, 15) is 38.4 Å². The van der Waals surface area contributed by atoms with E-state index in [-0.39, 0.29) is 86.1 Å². The number of ketones is 1. The zero-order valence-corrected chi connectivity index (χ0v) is 39.8. The fraction of sp³-hybridized carbons (Fsp3) is 0.822. The van der Waals surface area contributed by atoms with Crippen LogP contribution in [-0.4, -0.2) is 127 Å². The number of carbonyl (C=O) groups excluding carboxylic acids is 8. The van der Waals surface area contributed by atoms with Gasteiger partial charge in [-0.3, -0.25) is 38.4 Å². The lowest BCUT2D eigenvalue weighted by Crippen LogP contribution is -2.52. The molecule has 16 heteroatoms. The Morgan fingerprint density at radius 2 is 1.11 bits per heavy atom. The van der Waals surface area contributed by atoms with E-state index in [1.807, 2.05) is 0 Å². The monoisotopic (exact) mass is 883 g/mol. The number of carbonyl (C=O) groups is 8. The average molecular weight is 883 g/mol. The minimum Gasteiger partial charge on any atom is -0.465 e. The Hall–Kier alpha value is -3.69. The summed E-state index contributed by atoms with van der Waals surface area (Å²) in [4.78, 5) is 103. The molecule has 4 N–H and O–H groups in total. The van der Waals surface area contributed by atoms with E-state index in [1.54, 1.807) is 34.6 Å².